The summed E-state index contributed by atoms with van der Waals surface area (Å²) in [5.41, 5.74) is 1.17. The van der Waals surface area contributed by atoms with Crippen molar-refractivity contribution in [2.45, 2.75) is 37.8 Å². The first kappa shape index (κ1) is 9.34. The van der Waals surface area contributed by atoms with Crippen molar-refractivity contribution < 1.29 is 4.39 Å². The molecule has 1 aromatic carbocycles. The van der Waals surface area contributed by atoms with Crippen LogP contribution in [0.25, 0.3) is 0 Å². The number of halogens is 1. The van der Waals surface area contributed by atoms with E-state index in [1.54, 1.807) is 6.07 Å². The van der Waals surface area contributed by atoms with E-state index in [1.807, 2.05) is 6.07 Å². The van der Waals surface area contributed by atoms with Crippen LogP contribution in [-0.4, -0.2) is 17.5 Å². The van der Waals surface area contributed by atoms with Crippen molar-refractivity contribution in [3.05, 3.63) is 35.6 Å². The summed E-state index contributed by atoms with van der Waals surface area (Å²) in [5.74, 6) is -0.102. The Hall–Kier alpha value is -0.890. The topological polar surface area (TPSA) is 3.24 Å². The second-order valence-corrected chi connectivity index (χ2v) is 4.68. The first-order valence-corrected chi connectivity index (χ1v) is 5.86. The van der Waals surface area contributed by atoms with E-state index in [-0.39, 0.29) is 5.82 Å². The summed E-state index contributed by atoms with van der Waals surface area (Å²) < 4.78 is 13.1. The van der Waals surface area contributed by atoms with Crippen molar-refractivity contribution in [1.82, 2.24) is 4.90 Å². The maximum absolute atomic E-state index is 13.1. The normalized spacial score (nSPS) is 27.1. The third kappa shape index (κ3) is 1.78. The van der Waals surface area contributed by atoms with Gasteiger partial charge in [0.15, 0.2) is 0 Å². The van der Waals surface area contributed by atoms with Gasteiger partial charge in [-0.15, -0.1) is 0 Å². The number of benzene rings is 1. The molecule has 3 rings (SSSR count). The Morgan fingerprint density at radius 3 is 2.80 bits per heavy atom. The van der Waals surface area contributed by atoms with Crippen LogP contribution in [0.2, 0.25) is 0 Å². The van der Waals surface area contributed by atoms with Crippen molar-refractivity contribution >= 4 is 0 Å². The van der Waals surface area contributed by atoms with Gasteiger partial charge < -0.3 is 0 Å². The summed E-state index contributed by atoms with van der Waals surface area (Å²) in [4.78, 5) is 2.56. The zero-order valence-electron chi connectivity index (χ0n) is 8.82. The molecule has 0 spiro atoms. The minimum atomic E-state index is -0.102. The summed E-state index contributed by atoms with van der Waals surface area (Å²) >= 11 is 0. The molecule has 2 aliphatic rings. The molecule has 1 saturated heterocycles. The van der Waals surface area contributed by atoms with E-state index in [2.05, 4.69) is 11.0 Å². The first-order valence-electron chi connectivity index (χ1n) is 5.86. The molecular weight excluding hydrogens is 189 g/mol. The molecule has 1 nitrogen and oxygen atoms in total. The number of rotatable bonds is 2. The summed E-state index contributed by atoms with van der Waals surface area (Å²) in [7, 11) is 0. The minimum Gasteiger partial charge on any atom is -0.293 e. The predicted octanol–water partition coefficient (Wildman–Crippen LogP) is 3.13. The Bertz CT molecular complexity index is 359. The highest BCUT2D eigenvalue weighted by Gasteiger charge is 2.37. The lowest BCUT2D eigenvalue weighted by Gasteiger charge is -2.24. The van der Waals surface area contributed by atoms with Gasteiger partial charge >= 0.3 is 0 Å². The van der Waals surface area contributed by atoms with Gasteiger partial charge in [0.1, 0.15) is 5.82 Å². The van der Waals surface area contributed by atoms with Gasteiger partial charge in [-0.3, -0.25) is 4.90 Å². The van der Waals surface area contributed by atoms with Gasteiger partial charge in [-0.25, -0.2) is 4.39 Å². The van der Waals surface area contributed by atoms with Crippen LogP contribution in [0.5, 0.6) is 0 Å². The molecule has 1 aromatic rings. The average molecular weight is 205 g/mol. The molecular formula is C13H16FN. The fourth-order valence-corrected chi connectivity index (χ4v) is 2.70. The quantitative estimate of drug-likeness (QED) is 0.717. The van der Waals surface area contributed by atoms with Crippen LogP contribution >= 0.6 is 0 Å². The zero-order valence-corrected chi connectivity index (χ0v) is 8.82. The number of likely N-dealkylation sites (tertiary alicyclic amines) is 1. The molecule has 2 heteroatoms. The van der Waals surface area contributed by atoms with E-state index in [0.29, 0.717) is 6.04 Å². The van der Waals surface area contributed by atoms with Crippen molar-refractivity contribution in [1.29, 1.82) is 0 Å². The first-order chi connectivity index (χ1) is 7.34. The van der Waals surface area contributed by atoms with Gasteiger partial charge in [-0.2, -0.15) is 0 Å². The Labute approximate surface area is 89.9 Å². The standard InChI is InChI=1S/C13H16FN/c14-11-4-1-3-10(9-11)13-5-2-8-15(13)12-6-7-12/h1,3-4,9,12-13H,2,5-8H2. The van der Waals surface area contributed by atoms with Crippen molar-refractivity contribution in [2.24, 2.45) is 0 Å². The molecule has 1 unspecified atom stereocenters. The van der Waals surface area contributed by atoms with E-state index >= 15 is 0 Å². The van der Waals surface area contributed by atoms with Gasteiger partial charge in [0.25, 0.3) is 0 Å². The van der Waals surface area contributed by atoms with E-state index in [0.717, 1.165) is 6.04 Å². The second-order valence-electron chi connectivity index (χ2n) is 4.68. The van der Waals surface area contributed by atoms with Gasteiger partial charge in [-0.1, -0.05) is 12.1 Å². The number of hydrogen-bond acceptors (Lipinski definition) is 1. The number of hydrogen-bond donors (Lipinski definition) is 0. The van der Waals surface area contributed by atoms with E-state index < -0.39 is 0 Å². The van der Waals surface area contributed by atoms with Crippen molar-refractivity contribution in [3.63, 3.8) is 0 Å². The van der Waals surface area contributed by atoms with Crippen LogP contribution in [0.4, 0.5) is 4.39 Å². The van der Waals surface area contributed by atoms with Crippen molar-refractivity contribution in [3.8, 4) is 0 Å². The third-order valence-corrected chi connectivity index (χ3v) is 3.54. The van der Waals surface area contributed by atoms with Crippen LogP contribution in [0.15, 0.2) is 24.3 Å². The van der Waals surface area contributed by atoms with Crippen LogP contribution < -0.4 is 0 Å². The molecule has 2 fully saturated rings. The monoisotopic (exact) mass is 205 g/mol. The van der Waals surface area contributed by atoms with Crippen LogP contribution in [0, 0.1) is 5.82 Å². The van der Waals surface area contributed by atoms with E-state index in [1.165, 1.54) is 43.9 Å². The maximum atomic E-state index is 13.1. The molecule has 0 aromatic heterocycles. The molecule has 80 valence electrons. The summed E-state index contributed by atoms with van der Waals surface area (Å²) in [6, 6.07) is 8.39. The van der Waals surface area contributed by atoms with Gasteiger partial charge in [0.05, 0.1) is 0 Å². The SMILES string of the molecule is Fc1cccc(C2CCCN2C2CC2)c1. The molecule has 1 aliphatic heterocycles. The predicted molar refractivity (Wildman–Crippen MR) is 58.1 cm³/mol. The Balaban J connectivity index is 1.85. The maximum Gasteiger partial charge on any atom is 0.123 e. The lowest BCUT2D eigenvalue weighted by Crippen LogP contribution is -2.25. The molecule has 15 heavy (non-hydrogen) atoms. The molecule has 0 bridgehead atoms. The lowest BCUT2D eigenvalue weighted by atomic mass is 10.0. The summed E-state index contributed by atoms with van der Waals surface area (Å²) in [6.45, 7) is 1.20. The lowest BCUT2D eigenvalue weighted by molar-refractivity contribution is 0.246. The fraction of sp³-hybridized carbons (Fsp3) is 0.538. The highest BCUT2D eigenvalue weighted by Crippen LogP contribution is 2.40. The number of nitrogens with zero attached hydrogens (tertiary/aromatic N) is 1. The molecule has 1 atom stereocenters. The molecule has 1 saturated carbocycles. The molecule has 0 N–H and O–H groups in total. The third-order valence-electron chi connectivity index (χ3n) is 3.54. The fourth-order valence-electron chi connectivity index (χ4n) is 2.70. The summed E-state index contributed by atoms with van der Waals surface area (Å²) in [6.07, 6.45) is 5.13. The summed E-state index contributed by atoms with van der Waals surface area (Å²) in [5, 5.41) is 0. The largest absolute Gasteiger partial charge is 0.293 e. The zero-order chi connectivity index (χ0) is 10.3. The second kappa shape index (κ2) is 3.60. The minimum absolute atomic E-state index is 0.102. The highest BCUT2D eigenvalue weighted by molar-refractivity contribution is 5.21. The Morgan fingerprint density at radius 2 is 2.07 bits per heavy atom. The van der Waals surface area contributed by atoms with Crippen LogP contribution in [0.3, 0.4) is 0 Å². The van der Waals surface area contributed by atoms with Gasteiger partial charge in [-0.05, 0) is 49.9 Å². The van der Waals surface area contributed by atoms with Crippen molar-refractivity contribution in [2.75, 3.05) is 6.54 Å². The molecule has 0 radical (unpaired) electrons. The van der Waals surface area contributed by atoms with Gasteiger partial charge in [0.2, 0.25) is 0 Å². The van der Waals surface area contributed by atoms with E-state index in [9.17, 15) is 4.39 Å². The Kier molecular flexibility index (Phi) is 2.24. The average Bonchev–Trinajstić information content (AvgIpc) is 2.96. The Morgan fingerprint density at radius 1 is 1.20 bits per heavy atom. The highest BCUT2D eigenvalue weighted by atomic mass is 19.1. The molecule has 1 aliphatic carbocycles. The van der Waals surface area contributed by atoms with E-state index in [4.69, 9.17) is 0 Å². The molecule has 1 heterocycles. The van der Waals surface area contributed by atoms with Gasteiger partial charge in [0, 0.05) is 12.1 Å². The molecule has 0 amide bonds. The van der Waals surface area contributed by atoms with Crippen LogP contribution in [0.1, 0.15) is 37.3 Å². The van der Waals surface area contributed by atoms with Crippen LogP contribution in [-0.2, 0) is 0 Å². The smallest absolute Gasteiger partial charge is 0.123 e.